The highest BCUT2D eigenvalue weighted by atomic mass is 32.1. The Kier molecular flexibility index (Phi) is 3.50. The van der Waals surface area contributed by atoms with E-state index in [2.05, 4.69) is 34.8 Å². The van der Waals surface area contributed by atoms with Gasteiger partial charge in [-0.25, -0.2) is 0 Å². The Morgan fingerprint density at radius 2 is 2.41 bits per heavy atom. The quantitative estimate of drug-likeness (QED) is 0.863. The molecule has 2 aliphatic heterocycles. The van der Waals surface area contributed by atoms with Gasteiger partial charge in [-0.15, -0.1) is 11.3 Å². The number of likely N-dealkylation sites (N-methyl/N-ethyl adjacent to an activating group) is 1. The Hall–Kier alpha value is -0.380. The van der Waals surface area contributed by atoms with Crippen molar-refractivity contribution in [2.45, 2.75) is 37.8 Å². The van der Waals surface area contributed by atoms with Crippen LogP contribution in [0.4, 0.5) is 0 Å². The number of thiophene rings is 1. The van der Waals surface area contributed by atoms with Gasteiger partial charge in [0.1, 0.15) is 0 Å². The van der Waals surface area contributed by atoms with Gasteiger partial charge in [0.25, 0.3) is 0 Å². The van der Waals surface area contributed by atoms with Crippen molar-refractivity contribution in [1.82, 2.24) is 10.2 Å². The van der Waals surface area contributed by atoms with Crippen molar-refractivity contribution >= 4 is 11.3 Å². The molecule has 1 aromatic heterocycles. The van der Waals surface area contributed by atoms with Crippen LogP contribution in [-0.2, 0) is 6.42 Å². The van der Waals surface area contributed by atoms with E-state index in [0.717, 1.165) is 18.0 Å². The Morgan fingerprint density at radius 1 is 1.47 bits per heavy atom. The van der Waals surface area contributed by atoms with E-state index in [-0.39, 0.29) is 0 Å². The first-order valence-electron chi connectivity index (χ1n) is 6.78. The molecule has 2 fully saturated rings. The first kappa shape index (κ1) is 11.7. The van der Waals surface area contributed by atoms with Crippen LogP contribution in [-0.4, -0.2) is 37.1 Å². The molecule has 3 heterocycles. The highest BCUT2D eigenvalue weighted by molar-refractivity contribution is 7.09. The van der Waals surface area contributed by atoms with Crippen LogP contribution in [0.5, 0.6) is 0 Å². The third-order valence-electron chi connectivity index (χ3n) is 4.30. The van der Waals surface area contributed by atoms with Crippen molar-refractivity contribution in [2.75, 3.05) is 20.1 Å². The molecule has 0 radical (unpaired) electrons. The molecule has 3 rings (SSSR count). The Balaban J connectivity index is 1.43. The van der Waals surface area contributed by atoms with Gasteiger partial charge in [0.15, 0.2) is 0 Å². The van der Waals surface area contributed by atoms with Gasteiger partial charge in [0.05, 0.1) is 0 Å². The molecule has 1 N–H and O–H groups in total. The summed E-state index contributed by atoms with van der Waals surface area (Å²) in [7, 11) is 2.28. The van der Waals surface area contributed by atoms with E-state index < -0.39 is 0 Å². The van der Waals surface area contributed by atoms with Crippen LogP contribution in [0.2, 0.25) is 0 Å². The van der Waals surface area contributed by atoms with E-state index >= 15 is 0 Å². The van der Waals surface area contributed by atoms with Crippen molar-refractivity contribution < 1.29 is 0 Å². The van der Waals surface area contributed by atoms with Crippen LogP contribution < -0.4 is 5.32 Å². The van der Waals surface area contributed by atoms with E-state index in [1.54, 1.807) is 0 Å². The molecule has 94 valence electrons. The lowest BCUT2D eigenvalue weighted by molar-refractivity contribution is 0.251. The average Bonchev–Trinajstić information content (AvgIpc) is 3.03. The van der Waals surface area contributed by atoms with Gasteiger partial charge in [-0.1, -0.05) is 6.07 Å². The summed E-state index contributed by atoms with van der Waals surface area (Å²) in [6, 6.07) is 6.07. The lowest BCUT2D eigenvalue weighted by Crippen LogP contribution is -2.34. The number of fused-ring (bicyclic) bond motifs is 2. The highest BCUT2D eigenvalue weighted by Gasteiger charge is 2.38. The van der Waals surface area contributed by atoms with Crippen molar-refractivity contribution in [2.24, 2.45) is 5.92 Å². The molecule has 0 saturated carbocycles. The summed E-state index contributed by atoms with van der Waals surface area (Å²) in [4.78, 5) is 4.04. The van der Waals surface area contributed by atoms with Crippen molar-refractivity contribution in [3.63, 3.8) is 0 Å². The predicted octanol–water partition coefficient (Wildman–Crippen LogP) is 2.36. The standard InChI is InChI=1S/C14H22N2S/c1-16(7-6-13-3-2-8-17-13)10-11-9-12-4-5-14(11)15-12/h2-3,8,11-12,14-15H,4-7,9-10H2,1H3. The third-order valence-corrected chi connectivity index (χ3v) is 5.23. The number of nitrogens with zero attached hydrogens (tertiary/aromatic N) is 1. The van der Waals surface area contributed by atoms with Gasteiger partial charge in [-0.3, -0.25) is 0 Å². The smallest absolute Gasteiger partial charge is 0.0111 e. The number of nitrogens with one attached hydrogen (secondary N) is 1. The summed E-state index contributed by atoms with van der Waals surface area (Å²) < 4.78 is 0. The Labute approximate surface area is 108 Å². The summed E-state index contributed by atoms with van der Waals surface area (Å²) in [5, 5.41) is 5.90. The Bertz CT molecular complexity index is 349. The molecule has 0 aliphatic carbocycles. The topological polar surface area (TPSA) is 15.3 Å². The average molecular weight is 250 g/mol. The zero-order chi connectivity index (χ0) is 11.7. The monoisotopic (exact) mass is 250 g/mol. The van der Waals surface area contributed by atoms with Gasteiger partial charge in [-0.05, 0) is 50.1 Å². The minimum absolute atomic E-state index is 0.823. The maximum atomic E-state index is 3.73. The SMILES string of the molecule is CN(CCc1cccs1)CC1CC2CCC1N2. The van der Waals surface area contributed by atoms with Crippen LogP contribution in [0.25, 0.3) is 0 Å². The molecule has 0 amide bonds. The molecule has 2 aliphatic rings. The lowest BCUT2D eigenvalue weighted by Gasteiger charge is -2.26. The fraction of sp³-hybridized carbons (Fsp3) is 0.714. The van der Waals surface area contributed by atoms with Crippen LogP contribution in [0.15, 0.2) is 17.5 Å². The second-order valence-corrected chi connectivity index (χ2v) is 6.67. The van der Waals surface area contributed by atoms with Crippen molar-refractivity contribution in [3.05, 3.63) is 22.4 Å². The largest absolute Gasteiger partial charge is 0.311 e. The number of hydrogen-bond donors (Lipinski definition) is 1. The van der Waals surface area contributed by atoms with E-state index in [0.29, 0.717) is 0 Å². The maximum absolute atomic E-state index is 3.73. The highest BCUT2D eigenvalue weighted by Crippen LogP contribution is 2.33. The van der Waals surface area contributed by atoms with E-state index in [9.17, 15) is 0 Å². The van der Waals surface area contributed by atoms with Crippen molar-refractivity contribution in [1.29, 1.82) is 0 Å². The minimum atomic E-state index is 0.823. The molecule has 2 saturated heterocycles. The van der Waals surface area contributed by atoms with E-state index in [4.69, 9.17) is 0 Å². The summed E-state index contributed by atoms with van der Waals surface area (Å²) in [6.45, 7) is 2.48. The molecule has 2 nitrogen and oxygen atoms in total. The zero-order valence-corrected chi connectivity index (χ0v) is 11.4. The molecule has 17 heavy (non-hydrogen) atoms. The van der Waals surface area contributed by atoms with E-state index in [1.807, 2.05) is 11.3 Å². The first-order valence-corrected chi connectivity index (χ1v) is 7.66. The molecule has 3 atom stereocenters. The molecule has 3 heteroatoms. The van der Waals surface area contributed by atoms with Crippen LogP contribution in [0.1, 0.15) is 24.1 Å². The molecule has 0 spiro atoms. The maximum Gasteiger partial charge on any atom is 0.0111 e. The molecule has 0 aromatic carbocycles. The predicted molar refractivity (Wildman–Crippen MR) is 73.6 cm³/mol. The summed E-state index contributed by atoms with van der Waals surface area (Å²) in [5.41, 5.74) is 0. The summed E-state index contributed by atoms with van der Waals surface area (Å²) in [5.74, 6) is 0.905. The second-order valence-electron chi connectivity index (χ2n) is 5.63. The van der Waals surface area contributed by atoms with Crippen molar-refractivity contribution in [3.8, 4) is 0 Å². The normalized spacial score (nSPS) is 31.5. The molecule has 1 aromatic rings. The third kappa shape index (κ3) is 2.72. The second kappa shape index (κ2) is 5.09. The summed E-state index contributed by atoms with van der Waals surface area (Å²) in [6.07, 6.45) is 5.45. The number of hydrogen-bond acceptors (Lipinski definition) is 3. The number of rotatable bonds is 5. The van der Waals surface area contributed by atoms with Crippen LogP contribution in [0.3, 0.4) is 0 Å². The van der Waals surface area contributed by atoms with Gasteiger partial charge in [0, 0.05) is 30.1 Å². The molecular formula is C14H22N2S. The lowest BCUT2D eigenvalue weighted by atomic mass is 9.89. The molecule has 3 unspecified atom stereocenters. The zero-order valence-electron chi connectivity index (χ0n) is 10.6. The molecule has 2 bridgehead atoms. The first-order chi connectivity index (χ1) is 8.31. The van der Waals surface area contributed by atoms with Gasteiger partial charge >= 0.3 is 0 Å². The van der Waals surface area contributed by atoms with Crippen LogP contribution in [0, 0.1) is 5.92 Å². The fourth-order valence-corrected chi connectivity index (χ4v) is 4.09. The van der Waals surface area contributed by atoms with Gasteiger partial charge in [0.2, 0.25) is 0 Å². The Morgan fingerprint density at radius 3 is 3.06 bits per heavy atom. The minimum Gasteiger partial charge on any atom is -0.311 e. The fourth-order valence-electron chi connectivity index (χ4n) is 3.39. The van der Waals surface area contributed by atoms with E-state index in [1.165, 1.54) is 43.6 Å². The summed E-state index contributed by atoms with van der Waals surface area (Å²) >= 11 is 1.88. The van der Waals surface area contributed by atoms with Gasteiger partial charge < -0.3 is 10.2 Å². The van der Waals surface area contributed by atoms with Gasteiger partial charge in [-0.2, -0.15) is 0 Å². The van der Waals surface area contributed by atoms with Crippen LogP contribution >= 0.6 is 11.3 Å². The molecular weight excluding hydrogens is 228 g/mol.